The van der Waals surface area contributed by atoms with E-state index in [4.69, 9.17) is 49.1 Å². The second kappa shape index (κ2) is 25.3. The zero-order valence-corrected chi connectivity index (χ0v) is 43.6. The highest BCUT2D eigenvalue weighted by Crippen LogP contribution is 2.52. The number of benzene rings is 5. The van der Waals surface area contributed by atoms with E-state index in [2.05, 4.69) is 45.9 Å². The Morgan fingerprint density at radius 3 is 1.99 bits per heavy atom. The number of carbonyl (C=O) groups excluding carboxylic acids is 1. The van der Waals surface area contributed by atoms with Crippen LogP contribution in [0.3, 0.4) is 0 Å². The highest BCUT2D eigenvalue weighted by molar-refractivity contribution is 7.47. The van der Waals surface area contributed by atoms with Gasteiger partial charge in [0.1, 0.15) is 47.5 Å². The first-order chi connectivity index (χ1) is 36.0. The van der Waals surface area contributed by atoms with Crippen molar-refractivity contribution in [3.05, 3.63) is 173 Å². The molecule has 5 aromatic carbocycles. The molecule has 74 heavy (non-hydrogen) atoms. The lowest BCUT2D eigenvalue weighted by atomic mass is 9.80. The molecule has 2 aliphatic rings. The summed E-state index contributed by atoms with van der Waals surface area (Å²) in [6.07, 6.45) is -0.685. The van der Waals surface area contributed by atoms with Gasteiger partial charge in [-0.25, -0.2) is 19.5 Å². The zero-order chi connectivity index (χ0) is 52.1. The number of imidazole rings is 1. The Balaban J connectivity index is 0.000000972. The minimum absolute atomic E-state index is 0.0733. The number of anilines is 1. The minimum Gasteiger partial charge on any atom is -0.497 e. The highest BCUT2D eigenvalue weighted by atomic mass is 35.5. The van der Waals surface area contributed by atoms with Gasteiger partial charge in [0.2, 0.25) is 0 Å². The van der Waals surface area contributed by atoms with E-state index in [-0.39, 0.29) is 34.4 Å². The molecule has 2 saturated heterocycles. The number of hydrogen-bond acceptors (Lipinski definition) is 14. The summed E-state index contributed by atoms with van der Waals surface area (Å²) in [6, 6.07) is 39.7. The van der Waals surface area contributed by atoms with E-state index in [1.54, 1.807) is 55.2 Å². The predicted molar refractivity (Wildman–Crippen MR) is 281 cm³/mol. The molecule has 2 fully saturated rings. The number of phosphoric ester groups is 1. The van der Waals surface area contributed by atoms with Crippen LogP contribution in [0.1, 0.15) is 73.3 Å². The van der Waals surface area contributed by atoms with Crippen LogP contribution in [0.15, 0.2) is 146 Å². The monoisotopic (exact) mass is 1050 g/mol. The molecule has 9 rings (SSSR count). The molecule has 4 heterocycles. The molecular weight excluding hydrogens is 987 g/mol. The summed E-state index contributed by atoms with van der Waals surface area (Å²) in [6.45, 7) is 10.3. The molecule has 390 valence electrons. The van der Waals surface area contributed by atoms with Gasteiger partial charge in [-0.2, -0.15) is 0 Å². The summed E-state index contributed by atoms with van der Waals surface area (Å²) >= 11 is 6.41. The third-order valence-electron chi connectivity index (χ3n) is 12.9. The predicted octanol–water partition coefficient (Wildman–Crippen LogP) is 10.5. The van der Waals surface area contributed by atoms with E-state index >= 15 is 0 Å². The number of ether oxygens (including phenoxy) is 6. The molecule has 1 amide bonds. The quantitative estimate of drug-likeness (QED) is 0.0542. The molecule has 7 aromatic rings. The van der Waals surface area contributed by atoms with Crippen LogP contribution in [0.25, 0.3) is 11.2 Å². The van der Waals surface area contributed by atoms with Gasteiger partial charge in [-0.05, 0) is 104 Å². The van der Waals surface area contributed by atoms with Crippen molar-refractivity contribution in [3.63, 3.8) is 0 Å². The Morgan fingerprint density at radius 2 is 1.41 bits per heavy atom. The fraction of sp³-hybridized carbons (Fsp3) is 0.345. The molecule has 0 radical (unpaired) electrons. The number of phosphoric acid groups is 1. The summed E-state index contributed by atoms with van der Waals surface area (Å²) in [5.74, 6) is 0.947. The average molecular weight is 1050 g/mol. The first kappa shape index (κ1) is 54.0. The van der Waals surface area contributed by atoms with Crippen molar-refractivity contribution in [1.82, 2.24) is 24.4 Å². The number of nitrogens with one attached hydrogen (secondary N) is 1. The van der Waals surface area contributed by atoms with Crippen LogP contribution >= 0.6 is 19.4 Å². The SMILES string of the molecule is CCN(CC)CC.COc1ccc(C(OC[C@H]2O[C@@H](n3cnc4c(NC(=O)c5ccccc5)ncnc43)[C@H](OC3CCCCO3)[C@@H]2OP(=O)(O)Oc2ccccc2Cl)(c2ccccc2)c2ccc(OC)cc2)cc1. The fourth-order valence-corrected chi connectivity index (χ4v) is 10.2. The molecule has 0 spiro atoms. The number of fused-ring (bicyclic) bond motifs is 1. The number of methoxy groups -OCH3 is 2. The van der Waals surface area contributed by atoms with Crippen LogP contribution in [0.2, 0.25) is 5.02 Å². The Hall–Kier alpha value is -6.24. The van der Waals surface area contributed by atoms with E-state index in [0.717, 1.165) is 29.5 Å². The summed E-state index contributed by atoms with van der Waals surface area (Å²) in [7, 11) is -1.86. The van der Waals surface area contributed by atoms with Gasteiger partial charge < -0.3 is 43.2 Å². The van der Waals surface area contributed by atoms with Crippen LogP contribution in [-0.2, 0) is 33.6 Å². The largest absolute Gasteiger partial charge is 0.527 e. The molecule has 17 nitrogen and oxygen atoms in total. The van der Waals surface area contributed by atoms with Crippen LogP contribution in [0.4, 0.5) is 5.82 Å². The van der Waals surface area contributed by atoms with E-state index in [0.29, 0.717) is 30.1 Å². The van der Waals surface area contributed by atoms with Crippen molar-refractivity contribution in [3.8, 4) is 17.2 Å². The van der Waals surface area contributed by atoms with E-state index < -0.39 is 50.2 Å². The van der Waals surface area contributed by atoms with Gasteiger partial charge >= 0.3 is 7.82 Å². The number of nitrogens with zero attached hydrogens (tertiary/aromatic N) is 5. The number of para-hydroxylation sites is 1. The van der Waals surface area contributed by atoms with Gasteiger partial charge in [-0.1, -0.05) is 117 Å². The molecule has 6 atom stereocenters. The topological polar surface area (TPSA) is 187 Å². The van der Waals surface area contributed by atoms with Crippen molar-refractivity contribution in [2.45, 2.75) is 76.5 Å². The second-order valence-electron chi connectivity index (χ2n) is 17.3. The first-order valence-electron chi connectivity index (χ1n) is 24.6. The molecule has 0 bridgehead atoms. The third-order valence-corrected chi connectivity index (χ3v) is 14.2. The number of halogens is 1. The van der Waals surface area contributed by atoms with Crippen molar-refractivity contribution in [2.75, 3.05) is 52.4 Å². The van der Waals surface area contributed by atoms with Gasteiger partial charge in [0, 0.05) is 12.2 Å². The summed E-state index contributed by atoms with van der Waals surface area (Å²) in [5.41, 5.74) is 1.83. The summed E-state index contributed by atoms with van der Waals surface area (Å²) in [5, 5.41) is 2.93. The van der Waals surface area contributed by atoms with Gasteiger partial charge in [-0.3, -0.25) is 18.8 Å². The Morgan fingerprint density at radius 1 is 0.797 bits per heavy atom. The normalized spacial score (nSPS) is 19.5. The van der Waals surface area contributed by atoms with Gasteiger partial charge in [0.25, 0.3) is 5.91 Å². The van der Waals surface area contributed by atoms with Crippen molar-refractivity contribution in [2.24, 2.45) is 0 Å². The van der Waals surface area contributed by atoms with Crippen molar-refractivity contribution >= 4 is 42.3 Å². The van der Waals surface area contributed by atoms with Gasteiger partial charge in [-0.15, -0.1) is 0 Å². The van der Waals surface area contributed by atoms with E-state index in [1.807, 2.05) is 84.9 Å². The Bertz CT molecular complexity index is 2880. The third kappa shape index (κ3) is 12.6. The lowest BCUT2D eigenvalue weighted by Crippen LogP contribution is -2.43. The van der Waals surface area contributed by atoms with Crippen molar-refractivity contribution in [1.29, 1.82) is 0 Å². The molecule has 2 aliphatic heterocycles. The van der Waals surface area contributed by atoms with Crippen LogP contribution in [0, 0.1) is 0 Å². The maximum absolute atomic E-state index is 14.3. The zero-order valence-electron chi connectivity index (χ0n) is 42.0. The number of hydrogen-bond donors (Lipinski definition) is 2. The van der Waals surface area contributed by atoms with E-state index in [9.17, 15) is 14.3 Å². The summed E-state index contributed by atoms with van der Waals surface area (Å²) in [4.78, 5) is 40.9. The molecular formula is C55H62ClN6O11P. The van der Waals surface area contributed by atoms with Crippen LogP contribution in [0.5, 0.6) is 17.2 Å². The van der Waals surface area contributed by atoms with Crippen LogP contribution < -0.4 is 19.3 Å². The average Bonchev–Trinajstić information content (AvgIpc) is 4.02. The molecule has 0 saturated carbocycles. The maximum Gasteiger partial charge on any atom is 0.527 e. The number of carbonyl (C=O) groups is 1. The summed E-state index contributed by atoms with van der Waals surface area (Å²) < 4.78 is 65.9. The lowest BCUT2D eigenvalue weighted by molar-refractivity contribution is -0.214. The first-order valence-corrected chi connectivity index (χ1v) is 26.5. The molecule has 2 N–H and O–H groups in total. The van der Waals surface area contributed by atoms with E-state index in [1.165, 1.54) is 44.4 Å². The second-order valence-corrected chi connectivity index (χ2v) is 19.1. The van der Waals surface area contributed by atoms with Crippen molar-refractivity contribution < 1.29 is 51.7 Å². The minimum atomic E-state index is -5.05. The lowest BCUT2D eigenvalue weighted by Gasteiger charge is -2.37. The highest BCUT2D eigenvalue weighted by Gasteiger charge is 2.53. The molecule has 19 heteroatoms. The fourth-order valence-electron chi connectivity index (χ4n) is 9.00. The molecule has 0 aliphatic carbocycles. The molecule has 2 unspecified atom stereocenters. The number of aromatic nitrogens is 4. The standard InChI is InChI=1S/C49H47ClN5O11P.C6H15N/c1-59-36-24-20-34(21-25-36)49(33-15-7-4-8-16-33,35-22-26-37(60-2)27-23-35)62-29-40-43(66-67(57,58)65-39-18-10-9-17-38(39)50)44(64-41-19-11-12-28-61-41)48(63-40)55-31-53-42-45(51-30-52-46(42)55)54-47(56)32-13-5-3-6-14-32;1-4-7(5-2)6-3/h3-10,13-18,20-27,30-31,40-41,43-44,48H,11-12,19,28-29H2,1-2H3,(H,57,58)(H,51,52,54,56);4-6H2,1-3H3/t40-,41?,43-,44-,48-;/m1./s1. The van der Waals surface area contributed by atoms with Gasteiger partial charge in [0.05, 0.1) is 32.2 Å². The Kier molecular flexibility index (Phi) is 18.5. The maximum atomic E-state index is 14.3. The van der Waals surface area contributed by atoms with Gasteiger partial charge in [0.15, 0.2) is 29.5 Å². The number of rotatable bonds is 20. The number of amides is 1. The Labute approximate surface area is 436 Å². The smallest absolute Gasteiger partial charge is 0.497 e. The molecule has 2 aromatic heterocycles. The van der Waals surface area contributed by atoms with Crippen LogP contribution in [-0.4, -0.2) is 107 Å².